The molecule has 0 radical (unpaired) electrons. The molecule has 0 aliphatic carbocycles. The Bertz CT molecular complexity index is 503. The predicted molar refractivity (Wildman–Crippen MR) is 110 cm³/mol. The number of nitrogens with two attached hydrogens (primary N) is 1. The minimum Gasteiger partial charge on any atom is -0.381 e. The van der Waals surface area contributed by atoms with Crippen LogP contribution in [-0.2, 0) is 9.47 Å². The fourth-order valence-corrected chi connectivity index (χ4v) is 2.52. The van der Waals surface area contributed by atoms with Gasteiger partial charge in [-0.15, -0.1) is 24.0 Å². The molecule has 0 bridgehead atoms. The molecule has 0 aromatic heterocycles. The lowest BCUT2D eigenvalue weighted by atomic mass is 10.0. The summed E-state index contributed by atoms with van der Waals surface area (Å²) in [5, 5.41) is 3.15. The fraction of sp³-hybridized carbons (Fsp3) is 0.611. The summed E-state index contributed by atoms with van der Waals surface area (Å²) in [4.78, 5) is 4.36. The van der Waals surface area contributed by atoms with E-state index < -0.39 is 0 Å². The lowest BCUT2D eigenvalue weighted by molar-refractivity contribution is -0.0318. The van der Waals surface area contributed by atoms with E-state index in [-0.39, 0.29) is 24.0 Å². The Labute approximate surface area is 162 Å². The lowest BCUT2D eigenvalue weighted by Crippen LogP contribution is -2.24. The van der Waals surface area contributed by atoms with E-state index in [4.69, 9.17) is 15.2 Å². The minimum atomic E-state index is 0. The van der Waals surface area contributed by atoms with E-state index in [0.717, 1.165) is 44.8 Å². The third kappa shape index (κ3) is 7.81. The van der Waals surface area contributed by atoms with E-state index in [9.17, 15) is 0 Å². The van der Waals surface area contributed by atoms with Crippen LogP contribution < -0.4 is 11.1 Å². The molecule has 1 aliphatic heterocycles. The summed E-state index contributed by atoms with van der Waals surface area (Å²) in [6, 6.07) is 8.27. The molecule has 5 nitrogen and oxygen atoms in total. The predicted octanol–water partition coefficient (Wildman–Crippen LogP) is 3.74. The molecule has 0 spiro atoms. The SMILES string of the molecule is CC(C)c1cccc(NC(N)=NCCCOC2CCOCC2)c1.I. The van der Waals surface area contributed by atoms with Crippen molar-refractivity contribution in [3.8, 4) is 0 Å². The summed E-state index contributed by atoms with van der Waals surface area (Å²) < 4.78 is 11.1. The zero-order valence-corrected chi connectivity index (χ0v) is 17.0. The van der Waals surface area contributed by atoms with Crippen molar-refractivity contribution in [3.63, 3.8) is 0 Å². The number of nitrogens with zero attached hydrogens (tertiary/aromatic N) is 1. The van der Waals surface area contributed by atoms with Gasteiger partial charge in [0.25, 0.3) is 0 Å². The van der Waals surface area contributed by atoms with Crippen LogP contribution in [0.15, 0.2) is 29.3 Å². The molecule has 1 saturated heterocycles. The minimum absolute atomic E-state index is 0. The Balaban J connectivity index is 0.00000288. The highest BCUT2D eigenvalue weighted by atomic mass is 127. The van der Waals surface area contributed by atoms with Crippen LogP contribution in [0.5, 0.6) is 0 Å². The number of guanidine groups is 1. The van der Waals surface area contributed by atoms with Gasteiger partial charge in [0.1, 0.15) is 0 Å². The van der Waals surface area contributed by atoms with Gasteiger partial charge in [-0.3, -0.25) is 4.99 Å². The summed E-state index contributed by atoms with van der Waals surface area (Å²) in [5.74, 6) is 0.953. The number of aliphatic imine (C=N–C) groups is 1. The smallest absolute Gasteiger partial charge is 0.193 e. The number of nitrogens with one attached hydrogen (secondary N) is 1. The van der Waals surface area contributed by atoms with E-state index in [1.165, 1.54) is 5.56 Å². The van der Waals surface area contributed by atoms with Gasteiger partial charge in [0.05, 0.1) is 6.10 Å². The first-order valence-electron chi connectivity index (χ1n) is 8.51. The Morgan fingerprint density at radius 1 is 1.38 bits per heavy atom. The first-order valence-corrected chi connectivity index (χ1v) is 8.51. The van der Waals surface area contributed by atoms with Crippen LogP contribution >= 0.6 is 24.0 Å². The molecule has 1 aromatic rings. The molecule has 0 unspecified atom stereocenters. The second-order valence-corrected chi connectivity index (χ2v) is 6.21. The van der Waals surface area contributed by atoms with Crippen LogP contribution in [0, 0.1) is 0 Å². The van der Waals surface area contributed by atoms with Gasteiger partial charge >= 0.3 is 0 Å². The van der Waals surface area contributed by atoms with E-state index in [1.807, 2.05) is 12.1 Å². The summed E-state index contributed by atoms with van der Waals surface area (Å²) in [7, 11) is 0. The van der Waals surface area contributed by atoms with Crippen molar-refractivity contribution in [1.82, 2.24) is 0 Å². The van der Waals surface area contributed by atoms with Crippen LogP contribution in [0.2, 0.25) is 0 Å². The van der Waals surface area contributed by atoms with E-state index >= 15 is 0 Å². The molecule has 0 amide bonds. The van der Waals surface area contributed by atoms with Crippen molar-refractivity contribution in [2.24, 2.45) is 10.7 Å². The number of halogens is 1. The Morgan fingerprint density at radius 2 is 2.12 bits per heavy atom. The molecule has 0 atom stereocenters. The molecule has 1 fully saturated rings. The van der Waals surface area contributed by atoms with Gasteiger partial charge < -0.3 is 20.5 Å². The maximum absolute atomic E-state index is 5.94. The summed E-state index contributed by atoms with van der Waals surface area (Å²) in [5.41, 5.74) is 8.21. The van der Waals surface area contributed by atoms with Crippen molar-refractivity contribution in [3.05, 3.63) is 29.8 Å². The Morgan fingerprint density at radius 3 is 2.83 bits per heavy atom. The highest BCUT2D eigenvalue weighted by Gasteiger charge is 2.13. The Kier molecular flexibility index (Phi) is 10.3. The molecule has 136 valence electrons. The largest absolute Gasteiger partial charge is 0.381 e. The van der Waals surface area contributed by atoms with Crippen molar-refractivity contribution in [2.45, 2.75) is 45.1 Å². The second kappa shape index (κ2) is 11.7. The van der Waals surface area contributed by atoms with Crippen LogP contribution in [0.3, 0.4) is 0 Å². The summed E-state index contributed by atoms with van der Waals surface area (Å²) >= 11 is 0. The Hall–Kier alpha value is -0.860. The number of benzene rings is 1. The highest BCUT2D eigenvalue weighted by molar-refractivity contribution is 14.0. The third-order valence-corrected chi connectivity index (χ3v) is 3.93. The number of hydrogen-bond acceptors (Lipinski definition) is 3. The van der Waals surface area contributed by atoms with Gasteiger partial charge in [-0.25, -0.2) is 0 Å². The highest BCUT2D eigenvalue weighted by Crippen LogP contribution is 2.18. The first-order chi connectivity index (χ1) is 11.1. The van der Waals surface area contributed by atoms with E-state index in [0.29, 0.717) is 24.5 Å². The van der Waals surface area contributed by atoms with Crippen molar-refractivity contribution < 1.29 is 9.47 Å². The topological polar surface area (TPSA) is 68.9 Å². The molecular weight excluding hydrogens is 417 g/mol. The second-order valence-electron chi connectivity index (χ2n) is 6.21. The molecule has 1 heterocycles. The normalized spacial score (nSPS) is 16.0. The van der Waals surface area contributed by atoms with E-state index in [2.05, 4.69) is 36.3 Å². The van der Waals surface area contributed by atoms with Gasteiger partial charge in [-0.1, -0.05) is 26.0 Å². The molecule has 3 N–H and O–H groups in total. The van der Waals surface area contributed by atoms with Crippen molar-refractivity contribution >= 4 is 35.6 Å². The zero-order valence-electron chi connectivity index (χ0n) is 14.7. The monoisotopic (exact) mass is 447 g/mol. The average Bonchev–Trinajstić information content (AvgIpc) is 2.55. The maximum atomic E-state index is 5.94. The molecule has 24 heavy (non-hydrogen) atoms. The van der Waals surface area contributed by atoms with Crippen LogP contribution in [0.1, 0.15) is 44.6 Å². The van der Waals surface area contributed by atoms with Gasteiger partial charge in [-0.05, 0) is 42.9 Å². The third-order valence-electron chi connectivity index (χ3n) is 3.93. The molecule has 6 heteroatoms. The molecule has 0 saturated carbocycles. The number of rotatable bonds is 7. The van der Waals surface area contributed by atoms with Crippen LogP contribution in [0.25, 0.3) is 0 Å². The summed E-state index contributed by atoms with van der Waals surface area (Å²) in [6.07, 6.45) is 3.23. The van der Waals surface area contributed by atoms with Gasteiger partial charge in [0.15, 0.2) is 5.96 Å². The van der Waals surface area contributed by atoms with Crippen LogP contribution in [0.4, 0.5) is 5.69 Å². The lowest BCUT2D eigenvalue weighted by Gasteiger charge is -2.22. The molecule has 1 aromatic carbocycles. The molecular formula is C18H30IN3O2. The van der Waals surface area contributed by atoms with Gasteiger partial charge in [-0.2, -0.15) is 0 Å². The van der Waals surface area contributed by atoms with Gasteiger partial charge in [0.2, 0.25) is 0 Å². The molecule has 2 rings (SSSR count). The van der Waals surface area contributed by atoms with Gasteiger partial charge in [0, 0.05) is 32.1 Å². The van der Waals surface area contributed by atoms with Crippen LogP contribution in [-0.4, -0.2) is 38.4 Å². The standard InChI is InChI=1S/C18H29N3O2.HI/c1-14(2)15-5-3-6-16(13-15)21-18(19)20-9-4-10-23-17-7-11-22-12-8-17;/h3,5-6,13-14,17H,4,7-12H2,1-2H3,(H3,19,20,21);1H. The quantitative estimate of drug-likeness (QED) is 0.289. The number of hydrogen-bond donors (Lipinski definition) is 2. The number of anilines is 1. The zero-order chi connectivity index (χ0) is 16.5. The van der Waals surface area contributed by atoms with Crippen molar-refractivity contribution in [2.75, 3.05) is 31.7 Å². The first kappa shape index (κ1) is 21.2. The maximum Gasteiger partial charge on any atom is 0.193 e. The summed E-state index contributed by atoms with van der Waals surface area (Å²) in [6.45, 7) is 7.38. The molecule has 1 aliphatic rings. The van der Waals surface area contributed by atoms with E-state index in [1.54, 1.807) is 0 Å². The fourth-order valence-electron chi connectivity index (χ4n) is 2.52. The van der Waals surface area contributed by atoms with Crippen molar-refractivity contribution in [1.29, 1.82) is 0 Å². The average molecular weight is 447 g/mol. The number of ether oxygens (including phenoxy) is 2.